The predicted octanol–water partition coefficient (Wildman–Crippen LogP) is -0.168. The van der Waals surface area contributed by atoms with E-state index in [4.69, 9.17) is 19.9 Å². The number of fused-ring (bicyclic) bond motifs is 1. The summed E-state index contributed by atoms with van der Waals surface area (Å²) in [4.78, 5) is 23.0. The van der Waals surface area contributed by atoms with Crippen molar-refractivity contribution in [2.24, 2.45) is 5.73 Å². The van der Waals surface area contributed by atoms with Crippen molar-refractivity contribution in [2.45, 2.75) is 63.9 Å². The first kappa shape index (κ1) is 16.8. The first-order chi connectivity index (χ1) is 11.2. The second kappa shape index (κ2) is 5.80. The van der Waals surface area contributed by atoms with Gasteiger partial charge in [-0.05, 0) is 20.3 Å². The highest BCUT2D eigenvalue weighted by molar-refractivity contribution is 5.91. The van der Waals surface area contributed by atoms with Crippen LogP contribution in [0.5, 0.6) is 0 Å². The quantitative estimate of drug-likeness (QED) is 0.753. The van der Waals surface area contributed by atoms with Crippen LogP contribution in [0.3, 0.4) is 0 Å². The number of hydrogen-bond donors (Lipinski definition) is 2. The van der Waals surface area contributed by atoms with Gasteiger partial charge in [0.25, 0.3) is 5.91 Å². The molecule has 24 heavy (non-hydrogen) atoms. The van der Waals surface area contributed by atoms with Crippen LogP contribution in [0.25, 0.3) is 0 Å². The van der Waals surface area contributed by atoms with Crippen molar-refractivity contribution in [1.29, 1.82) is 0 Å². The normalized spacial score (nSPS) is 31.1. The molecule has 0 bridgehead atoms. The number of carboxylic acids is 1. The Hall–Kier alpha value is -2.04. The molecule has 0 aromatic carbocycles. The van der Waals surface area contributed by atoms with Crippen molar-refractivity contribution in [3.63, 3.8) is 0 Å². The van der Waals surface area contributed by atoms with E-state index in [1.807, 2.05) is 6.92 Å². The van der Waals surface area contributed by atoms with Crippen LogP contribution in [0.1, 0.15) is 49.6 Å². The van der Waals surface area contributed by atoms with Gasteiger partial charge >= 0.3 is 5.97 Å². The lowest BCUT2D eigenvalue weighted by atomic mass is 10.1. The molecule has 0 saturated carbocycles. The number of amides is 1. The Morgan fingerprint density at radius 2 is 2.00 bits per heavy atom. The molecule has 3 heterocycles. The number of aromatic nitrogens is 3. The molecule has 3 rings (SSSR count). The van der Waals surface area contributed by atoms with Crippen molar-refractivity contribution in [1.82, 2.24) is 15.0 Å². The Bertz CT molecular complexity index is 672. The fraction of sp³-hybridized carbons (Fsp3) is 0.714. The maximum atomic E-state index is 11.5. The van der Waals surface area contributed by atoms with E-state index in [0.717, 1.165) is 6.42 Å². The van der Waals surface area contributed by atoms with Crippen molar-refractivity contribution in [3.8, 4) is 0 Å². The third-order valence-corrected chi connectivity index (χ3v) is 4.02. The molecular formula is C14H20N4O6. The van der Waals surface area contributed by atoms with Crippen molar-refractivity contribution < 1.29 is 28.9 Å². The zero-order valence-corrected chi connectivity index (χ0v) is 13.6. The maximum absolute atomic E-state index is 11.5. The fourth-order valence-corrected chi connectivity index (χ4v) is 3.15. The molecule has 1 aromatic rings. The number of nitrogens with zero attached hydrogens (tertiary/aromatic N) is 3. The Balaban J connectivity index is 2.00. The summed E-state index contributed by atoms with van der Waals surface area (Å²) in [6.45, 7) is 5.33. The number of ether oxygens (including phenoxy) is 3. The van der Waals surface area contributed by atoms with Crippen LogP contribution in [-0.2, 0) is 25.4 Å². The first-order valence-electron chi connectivity index (χ1n) is 7.73. The van der Waals surface area contributed by atoms with Crippen LogP contribution in [-0.4, -0.2) is 56.1 Å². The van der Waals surface area contributed by atoms with Gasteiger partial charge in [-0.1, -0.05) is 18.6 Å². The van der Waals surface area contributed by atoms with Gasteiger partial charge in [0.2, 0.25) is 0 Å². The van der Waals surface area contributed by atoms with Crippen LogP contribution in [0.4, 0.5) is 0 Å². The van der Waals surface area contributed by atoms with Gasteiger partial charge in [0.05, 0.1) is 5.69 Å². The third-order valence-electron chi connectivity index (χ3n) is 4.02. The summed E-state index contributed by atoms with van der Waals surface area (Å²) in [5.41, 5.74) is 5.88. The number of hydrogen-bond acceptors (Lipinski definition) is 7. The Labute approximate surface area is 137 Å². The largest absolute Gasteiger partial charge is 0.479 e. The number of aliphatic carboxylic acids is 1. The van der Waals surface area contributed by atoms with Gasteiger partial charge in [-0.3, -0.25) is 4.79 Å². The molecule has 0 spiro atoms. The van der Waals surface area contributed by atoms with Gasteiger partial charge in [0, 0.05) is 0 Å². The number of carbonyl (C=O) groups is 2. The molecule has 2 aliphatic rings. The second-order valence-electron chi connectivity index (χ2n) is 6.29. The SMILES string of the molecule is CCCc1c(C(N)=O)nnn1[C@@H]1O[C@H](C(=O)O)[C@H]2OC(C)(C)O[C@H]21. The smallest absolute Gasteiger partial charge is 0.335 e. The summed E-state index contributed by atoms with van der Waals surface area (Å²) < 4.78 is 18.5. The molecule has 2 aliphatic heterocycles. The lowest BCUT2D eigenvalue weighted by Gasteiger charge is -2.23. The summed E-state index contributed by atoms with van der Waals surface area (Å²) in [6, 6.07) is 0. The molecule has 10 heteroatoms. The van der Waals surface area contributed by atoms with E-state index in [-0.39, 0.29) is 5.69 Å². The Morgan fingerprint density at radius 3 is 2.58 bits per heavy atom. The average molecular weight is 340 g/mol. The van der Waals surface area contributed by atoms with E-state index < -0.39 is 42.2 Å². The summed E-state index contributed by atoms with van der Waals surface area (Å²) >= 11 is 0. The second-order valence-corrected chi connectivity index (χ2v) is 6.29. The molecular weight excluding hydrogens is 320 g/mol. The topological polar surface area (TPSA) is 139 Å². The van der Waals surface area contributed by atoms with E-state index in [0.29, 0.717) is 12.1 Å². The summed E-state index contributed by atoms with van der Waals surface area (Å²) in [7, 11) is 0. The van der Waals surface area contributed by atoms with Gasteiger partial charge in [-0.15, -0.1) is 5.10 Å². The molecule has 0 radical (unpaired) electrons. The van der Waals surface area contributed by atoms with Gasteiger partial charge in [-0.2, -0.15) is 0 Å². The average Bonchev–Trinajstić information content (AvgIpc) is 3.09. The Kier molecular flexibility index (Phi) is 4.06. The highest BCUT2D eigenvalue weighted by Gasteiger charge is 2.59. The maximum Gasteiger partial charge on any atom is 0.335 e. The van der Waals surface area contributed by atoms with Crippen LogP contribution in [0, 0.1) is 0 Å². The molecule has 1 aromatic heterocycles. The van der Waals surface area contributed by atoms with Crippen LogP contribution in [0.2, 0.25) is 0 Å². The standard InChI is InChI=1S/C14H20N4O6/c1-4-5-6-7(11(15)19)16-17-18(6)12-9-8(10(22-12)13(20)21)23-14(2,3)24-9/h8-10,12H,4-5H2,1-3H3,(H2,15,19)(H,20,21)/t8-,9+,10-,12+/m0/s1. The predicted molar refractivity (Wildman–Crippen MR) is 77.9 cm³/mol. The van der Waals surface area contributed by atoms with Crippen molar-refractivity contribution in [3.05, 3.63) is 11.4 Å². The molecule has 0 unspecified atom stereocenters. The highest BCUT2D eigenvalue weighted by atomic mass is 16.8. The lowest BCUT2D eigenvalue weighted by Crippen LogP contribution is -2.35. The van der Waals surface area contributed by atoms with Gasteiger partial charge in [0.1, 0.15) is 12.2 Å². The minimum absolute atomic E-state index is 0.0500. The van der Waals surface area contributed by atoms with Crippen LogP contribution in [0.15, 0.2) is 0 Å². The number of carbonyl (C=O) groups excluding carboxylic acids is 1. The third kappa shape index (κ3) is 2.66. The number of carboxylic acid groups (broad SMARTS) is 1. The molecule has 2 saturated heterocycles. The van der Waals surface area contributed by atoms with Crippen LogP contribution >= 0.6 is 0 Å². The summed E-state index contributed by atoms with van der Waals surface area (Å²) in [5, 5.41) is 17.1. The van der Waals surface area contributed by atoms with Crippen LogP contribution < -0.4 is 5.73 Å². The highest BCUT2D eigenvalue weighted by Crippen LogP contribution is 2.43. The van der Waals surface area contributed by atoms with E-state index in [2.05, 4.69) is 10.3 Å². The first-order valence-corrected chi connectivity index (χ1v) is 7.73. The van der Waals surface area contributed by atoms with Gasteiger partial charge in [-0.25, -0.2) is 9.48 Å². The Morgan fingerprint density at radius 1 is 1.33 bits per heavy atom. The minimum atomic E-state index is -1.20. The lowest BCUT2D eigenvalue weighted by molar-refractivity contribution is -0.204. The van der Waals surface area contributed by atoms with E-state index in [1.54, 1.807) is 13.8 Å². The summed E-state index contributed by atoms with van der Waals surface area (Å²) in [5.74, 6) is -2.79. The van der Waals surface area contributed by atoms with E-state index >= 15 is 0 Å². The zero-order valence-electron chi connectivity index (χ0n) is 13.6. The van der Waals surface area contributed by atoms with Crippen molar-refractivity contribution in [2.75, 3.05) is 0 Å². The molecule has 4 atom stereocenters. The fourth-order valence-electron chi connectivity index (χ4n) is 3.15. The summed E-state index contributed by atoms with van der Waals surface area (Å²) in [6.07, 6.45) is -2.31. The number of primary amides is 1. The number of rotatable bonds is 5. The molecule has 0 aliphatic carbocycles. The molecule has 132 valence electrons. The molecule has 1 amide bonds. The molecule has 10 nitrogen and oxygen atoms in total. The van der Waals surface area contributed by atoms with Crippen molar-refractivity contribution >= 4 is 11.9 Å². The zero-order chi connectivity index (χ0) is 17.6. The number of nitrogens with two attached hydrogens (primary N) is 1. The molecule has 2 fully saturated rings. The van der Waals surface area contributed by atoms with E-state index in [9.17, 15) is 14.7 Å². The minimum Gasteiger partial charge on any atom is -0.479 e. The van der Waals surface area contributed by atoms with Gasteiger partial charge in [0.15, 0.2) is 23.8 Å². The molecule has 3 N–H and O–H groups in total. The van der Waals surface area contributed by atoms with Gasteiger partial charge < -0.3 is 25.1 Å². The van der Waals surface area contributed by atoms with E-state index in [1.165, 1.54) is 4.68 Å². The monoisotopic (exact) mass is 340 g/mol.